The van der Waals surface area contributed by atoms with Gasteiger partial charge in [0.2, 0.25) is 5.91 Å². The number of fused-ring (bicyclic) bond motifs is 1. The second-order valence-corrected chi connectivity index (χ2v) is 7.10. The Hall–Kier alpha value is -3.39. The number of aliphatic hydroxyl groups is 1. The number of carbonyl (C=O) groups excluding carboxylic acids is 1. The Labute approximate surface area is 176 Å². The molecule has 6 nitrogen and oxygen atoms in total. The Bertz CT molecular complexity index is 1210. The highest BCUT2D eigenvalue weighted by Gasteiger charge is 2.17. The number of halogens is 1. The quantitative estimate of drug-likeness (QED) is 0.582. The van der Waals surface area contributed by atoms with Crippen molar-refractivity contribution >= 4 is 44.4 Å². The van der Waals surface area contributed by atoms with Gasteiger partial charge in [-0.15, -0.1) is 0 Å². The first-order valence-electron chi connectivity index (χ1n) is 8.67. The Morgan fingerprint density at radius 1 is 1.28 bits per heavy atom. The Morgan fingerprint density at radius 2 is 2.07 bits per heavy atom. The molecule has 0 aliphatic heterocycles. The van der Waals surface area contributed by atoms with Crippen molar-refractivity contribution in [3.8, 4) is 17.9 Å². The number of aromatic nitrogens is 1. The maximum atomic E-state index is 12.4. The van der Waals surface area contributed by atoms with Crippen LogP contribution in [0, 0.1) is 22.7 Å². The van der Waals surface area contributed by atoms with Crippen molar-refractivity contribution in [2.45, 2.75) is 6.42 Å². The zero-order chi connectivity index (χ0) is 21.0. The average Bonchev–Trinajstić information content (AvgIpc) is 3.10. The van der Waals surface area contributed by atoms with Gasteiger partial charge in [-0.1, -0.05) is 15.9 Å². The fraction of sp³-hybridized carbons (Fsp3) is 0.136. The molecule has 1 N–H and O–H groups in total. The Balaban J connectivity index is 2.25. The van der Waals surface area contributed by atoms with Gasteiger partial charge in [-0.25, -0.2) is 0 Å². The zero-order valence-electron chi connectivity index (χ0n) is 15.5. The van der Waals surface area contributed by atoms with Crippen LogP contribution in [0.1, 0.15) is 27.9 Å². The summed E-state index contributed by atoms with van der Waals surface area (Å²) in [6, 6.07) is 14.6. The largest absolute Gasteiger partial charge is 0.496 e. The SMILES string of the molecule is COc1ccc(C#N)cc1C=C(C#N)c1cn(C(=O)CCO)c2ccc(Br)cc12. The standard InChI is InChI=1S/C22H16BrN3O3/c1-29-21-5-2-14(11-24)8-15(21)9-16(12-25)19-13-26(22(28)6-7-27)20-4-3-17(23)10-18(19)20/h2-5,8-10,13,27H,6-7H2,1H3. The van der Waals surface area contributed by atoms with Gasteiger partial charge in [0.25, 0.3) is 0 Å². The van der Waals surface area contributed by atoms with Crippen LogP contribution in [0.15, 0.2) is 47.1 Å². The molecule has 0 spiro atoms. The molecule has 1 aromatic heterocycles. The summed E-state index contributed by atoms with van der Waals surface area (Å²) < 4.78 is 7.60. The molecule has 0 saturated heterocycles. The Morgan fingerprint density at radius 3 is 2.72 bits per heavy atom. The minimum atomic E-state index is -0.271. The number of hydrogen-bond donors (Lipinski definition) is 1. The molecule has 1 heterocycles. The van der Waals surface area contributed by atoms with Crippen molar-refractivity contribution in [1.29, 1.82) is 10.5 Å². The van der Waals surface area contributed by atoms with E-state index in [1.807, 2.05) is 12.1 Å². The number of methoxy groups -OCH3 is 1. The van der Waals surface area contributed by atoms with Gasteiger partial charge in [-0.05, 0) is 42.5 Å². The molecule has 0 aliphatic rings. The van der Waals surface area contributed by atoms with Crippen LogP contribution in [-0.4, -0.2) is 29.3 Å². The third kappa shape index (κ3) is 4.07. The van der Waals surface area contributed by atoms with Crippen molar-refractivity contribution in [1.82, 2.24) is 4.57 Å². The second-order valence-electron chi connectivity index (χ2n) is 6.18. The van der Waals surface area contributed by atoms with Crippen molar-refractivity contribution in [3.05, 3.63) is 63.8 Å². The van der Waals surface area contributed by atoms with Crippen LogP contribution in [-0.2, 0) is 0 Å². The lowest BCUT2D eigenvalue weighted by molar-refractivity contribution is 0.0881. The highest BCUT2D eigenvalue weighted by atomic mass is 79.9. The van der Waals surface area contributed by atoms with Gasteiger partial charge in [0, 0.05) is 27.2 Å². The van der Waals surface area contributed by atoms with Crippen molar-refractivity contribution in [2.75, 3.05) is 13.7 Å². The molecule has 0 atom stereocenters. The summed E-state index contributed by atoms with van der Waals surface area (Å²) in [7, 11) is 1.52. The molecular weight excluding hydrogens is 434 g/mol. The van der Waals surface area contributed by atoms with E-state index in [4.69, 9.17) is 9.84 Å². The number of allylic oxidation sites excluding steroid dienone is 1. The number of carbonyl (C=O) groups is 1. The number of benzene rings is 2. The number of ether oxygens (including phenoxy) is 1. The molecule has 3 rings (SSSR count). The Kier molecular flexibility index (Phi) is 6.13. The summed E-state index contributed by atoms with van der Waals surface area (Å²) in [5.41, 5.74) is 2.55. The molecule has 2 aromatic carbocycles. The monoisotopic (exact) mass is 449 g/mol. The lowest BCUT2D eigenvalue weighted by Gasteiger charge is -2.06. The molecule has 0 radical (unpaired) electrons. The number of nitrogens with zero attached hydrogens (tertiary/aromatic N) is 3. The summed E-state index contributed by atoms with van der Waals surface area (Å²) in [5.74, 6) is 0.255. The maximum absolute atomic E-state index is 12.4. The van der Waals surface area contributed by atoms with Crippen LogP contribution in [0.4, 0.5) is 0 Å². The average molecular weight is 450 g/mol. The summed E-state index contributed by atoms with van der Waals surface area (Å²) in [5, 5.41) is 28.9. The van der Waals surface area contributed by atoms with Gasteiger partial charge in [-0.3, -0.25) is 9.36 Å². The van der Waals surface area contributed by atoms with Crippen LogP contribution in [0.2, 0.25) is 0 Å². The molecule has 0 fully saturated rings. The highest BCUT2D eigenvalue weighted by molar-refractivity contribution is 9.10. The van der Waals surface area contributed by atoms with E-state index < -0.39 is 0 Å². The van der Waals surface area contributed by atoms with E-state index in [2.05, 4.69) is 28.1 Å². The smallest absolute Gasteiger partial charge is 0.233 e. The van der Waals surface area contributed by atoms with E-state index in [0.717, 1.165) is 4.47 Å². The predicted molar refractivity (Wildman–Crippen MR) is 113 cm³/mol. The predicted octanol–water partition coefficient (Wildman–Crippen LogP) is 4.37. The fourth-order valence-electron chi connectivity index (χ4n) is 3.08. The first-order chi connectivity index (χ1) is 14.0. The normalized spacial score (nSPS) is 11.1. The van der Waals surface area contributed by atoms with Crippen molar-refractivity contribution in [3.63, 3.8) is 0 Å². The molecule has 0 bridgehead atoms. The van der Waals surface area contributed by atoms with Gasteiger partial charge < -0.3 is 9.84 Å². The molecule has 0 saturated carbocycles. The van der Waals surface area contributed by atoms with Gasteiger partial charge in [0.1, 0.15) is 5.75 Å². The zero-order valence-corrected chi connectivity index (χ0v) is 17.1. The van der Waals surface area contributed by atoms with Crippen LogP contribution in [0.25, 0.3) is 22.6 Å². The number of rotatable bonds is 5. The van der Waals surface area contributed by atoms with E-state index in [9.17, 15) is 15.3 Å². The molecule has 29 heavy (non-hydrogen) atoms. The number of aliphatic hydroxyl groups excluding tert-OH is 1. The summed E-state index contributed by atoms with van der Waals surface area (Å²) in [6.45, 7) is -0.260. The molecular formula is C22H16BrN3O3. The third-order valence-electron chi connectivity index (χ3n) is 4.43. The van der Waals surface area contributed by atoms with Crippen LogP contribution < -0.4 is 4.74 Å². The fourth-order valence-corrected chi connectivity index (χ4v) is 3.44. The summed E-state index contributed by atoms with van der Waals surface area (Å²) >= 11 is 3.43. The van der Waals surface area contributed by atoms with E-state index in [1.54, 1.807) is 36.5 Å². The first kappa shape index (κ1) is 20.3. The van der Waals surface area contributed by atoms with E-state index in [1.165, 1.54) is 11.7 Å². The topological polar surface area (TPSA) is 99.0 Å². The minimum absolute atomic E-state index is 0.0249. The van der Waals surface area contributed by atoms with Gasteiger partial charge in [-0.2, -0.15) is 10.5 Å². The van der Waals surface area contributed by atoms with Gasteiger partial charge in [0.15, 0.2) is 0 Å². The highest BCUT2D eigenvalue weighted by Crippen LogP contribution is 2.32. The van der Waals surface area contributed by atoms with Crippen molar-refractivity contribution in [2.24, 2.45) is 0 Å². The van der Waals surface area contributed by atoms with Crippen LogP contribution in [0.5, 0.6) is 5.75 Å². The van der Waals surface area contributed by atoms with Crippen LogP contribution >= 0.6 is 15.9 Å². The number of nitriles is 2. The van der Waals surface area contributed by atoms with Gasteiger partial charge >= 0.3 is 0 Å². The maximum Gasteiger partial charge on any atom is 0.233 e. The molecule has 0 aliphatic carbocycles. The number of hydrogen-bond acceptors (Lipinski definition) is 5. The van der Waals surface area contributed by atoms with Gasteiger partial charge in [0.05, 0.1) is 48.9 Å². The van der Waals surface area contributed by atoms with Crippen LogP contribution in [0.3, 0.4) is 0 Å². The van der Waals surface area contributed by atoms with E-state index >= 15 is 0 Å². The molecule has 0 unspecified atom stereocenters. The molecule has 0 amide bonds. The lowest BCUT2D eigenvalue weighted by atomic mass is 10.0. The first-order valence-corrected chi connectivity index (χ1v) is 9.46. The molecule has 3 aromatic rings. The molecule has 144 valence electrons. The third-order valence-corrected chi connectivity index (χ3v) is 4.92. The van der Waals surface area contributed by atoms with E-state index in [0.29, 0.717) is 38.9 Å². The second kappa shape index (κ2) is 8.74. The minimum Gasteiger partial charge on any atom is -0.496 e. The summed E-state index contributed by atoms with van der Waals surface area (Å²) in [6.07, 6.45) is 3.21. The van der Waals surface area contributed by atoms with Crippen molar-refractivity contribution < 1.29 is 14.6 Å². The van der Waals surface area contributed by atoms with E-state index in [-0.39, 0.29) is 18.9 Å². The molecule has 7 heteroatoms. The lowest BCUT2D eigenvalue weighted by Crippen LogP contribution is -2.10. The summed E-state index contributed by atoms with van der Waals surface area (Å²) in [4.78, 5) is 12.4.